The lowest BCUT2D eigenvalue weighted by Crippen LogP contribution is -2.53. The number of nitrogens with zero attached hydrogens (tertiary/aromatic N) is 2. The molecule has 1 saturated heterocycles. The first-order valence-corrected chi connectivity index (χ1v) is 11.7. The number of hydrogen-bond donors (Lipinski definition) is 1. The monoisotopic (exact) mass is 485 g/mol. The van der Waals surface area contributed by atoms with Gasteiger partial charge in [0.25, 0.3) is 11.8 Å². The van der Waals surface area contributed by atoms with Crippen molar-refractivity contribution in [3.8, 4) is 5.75 Å². The highest BCUT2D eigenvalue weighted by Crippen LogP contribution is 2.44. The zero-order valence-corrected chi connectivity index (χ0v) is 20.4. The third kappa shape index (κ3) is 5.33. The van der Waals surface area contributed by atoms with E-state index in [9.17, 15) is 22.8 Å². The van der Waals surface area contributed by atoms with E-state index in [1.807, 2.05) is 0 Å². The van der Waals surface area contributed by atoms with Crippen molar-refractivity contribution in [2.45, 2.75) is 70.8 Å². The number of hydrogen-bond acceptors (Lipinski definition) is 5. The van der Waals surface area contributed by atoms with Gasteiger partial charge in [0.1, 0.15) is 5.75 Å². The Labute approximate surface area is 198 Å². The van der Waals surface area contributed by atoms with Gasteiger partial charge in [-0.05, 0) is 65.6 Å². The number of methoxy groups -OCH3 is 1. The van der Waals surface area contributed by atoms with Crippen LogP contribution in [0.2, 0.25) is 0 Å². The van der Waals surface area contributed by atoms with E-state index in [0.717, 1.165) is 6.07 Å². The minimum Gasteiger partial charge on any atom is -0.476 e. The van der Waals surface area contributed by atoms with E-state index >= 15 is 0 Å². The highest BCUT2D eigenvalue weighted by atomic mass is 19.4. The molecule has 7 nitrogen and oxygen atoms in total. The van der Waals surface area contributed by atoms with E-state index in [0.29, 0.717) is 39.0 Å². The molecule has 1 fully saturated rings. The fraction of sp³-hybridized carbons (Fsp3) is 0.667. The number of benzene rings is 1. The van der Waals surface area contributed by atoms with Crippen LogP contribution in [0, 0.1) is 0 Å². The zero-order valence-electron chi connectivity index (χ0n) is 20.4. The molecule has 0 aliphatic carbocycles. The van der Waals surface area contributed by atoms with Gasteiger partial charge in [-0.25, -0.2) is 0 Å². The summed E-state index contributed by atoms with van der Waals surface area (Å²) in [6.45, 7) is 8.65. The molecule has 3 rings (SSSR count). The standard InChI is InChI=1S/C24H34F3N3O4/c1-15(2)30(16-8-9-28-14-16)21(31)17-12-19-20(13-18(17)24(25,26)27)34-23(3,4)22(32)29(19)10-6-7-11-33-5/h12-13,15-16,28H,6-11,14H2,1-5H3. The number of carbonyl (C=O) groups excluding carboxylic acids is 2. The van der Waals surface area contributed by atoms with Gasteiger partial charge in [0, 0.05) is 38.9 Å². The molecule has 2 aliphatic rings. The first-order valence-electron chi connectivity index (χ1n) is 11.7. The number of carbonyl (C=O) groups is 2. The van der Waals surface area contributed by atoms with Crippen molar-refractivity contribution in [2.24, 2.45) is 0 Å². The highest BCUT2D eigenvalue weighted by Gasteiger charge is 2.45. The predicted molar refractivity (Wildman–Crippen MR) is 122 cm³/mol. The third-order valence-corrected chi connectivity index (χ3v) is 6.25. The number of nitrogens with one attached hydrogen (secondary N) is 1. The van der Waals surface area contributed by atoms with E-state index in [1.165, 1.54) is 29.7 Å². The maximum Gasteiger partial charge on any atom is 0.417 e. The van der Waals surface area contributed by atoms with Gasteiger partial charge in [0.05, 0.1) is 16.8 Å². The summed E-state index contributed by atoms with van der Waals surface area (Å²) in [6.07, 6.45) is -2.84. The average molecular weight is 486 g/mol. The lowest BCUT2D eigenvalue weighted by Gasteiger charge is -2.40. The molecule has 0 spiro atoms. The van der Waals surface area contributed by atoms with Crippen molar-refractivity contribution in [1.29, 1.82) is 0 Å². The molecule has 1 aromatic carbocycles. The van der Waals surface area contributed by atoms with Gasteiger partial charge in [-0.3, -0.25) is 9.59 Å². The summed E-state index contributed by atoms with van der Waals surface area (Å²) in [6, 6.07) is 1.55. The lowest BCUT2D eigenvalue weighted by atomic mass is 9.97. The summed E-state index contributed by atoms with van der Waals surface area (Å²) in [7, 11) is 1.58. The van der Waals surface area contributed by atoms with Crippen molar-refractivity contribution in [2.75, 3.05) is 38.3 Å². The van der Waals surface area contributed by atoms with E-state index in [4.69, 9.17) is 9.47 Å². The molecule has 0 radical (unpaired) electrons. The number of ether oxygens (including phenoxy) is 2. The van der Waals surface area contributed by atoms with Gasteiger partial charge >= 0.3 is 6.18 Å². The molecule has 0 aromatic heterocycles. The molecule has 1 atom stereocenters. The SMILES string of the molecule is COCCCCN1C(=O)C(C)(C)Oc2cc(C(F)(F)F)c(C(=O)N(C(C)C)C3CCNC3)cc21. The number of halogens is 3. The second kappa shape index (κ2) is 10.1. The molecule has 0 bridgehead atoms. The number of anilines is 1. The molecule has 1 N–H and O–H groups in total. The predicted octanol–water partition coefficient (Wildman–Crippen LogP) is 3.85. The molecule has 2 amide bonds. The van der Waals surface area contributed by atoms with Crippen LogP contribution in [0.3, 0.4) is 0 Å². The second-order valence-electron chi connectivity index (χ2n) is 9.59. The molecular formula is C24H34F3N3O4. The number of fused-ring (bicyclic) bond motifs is 1. The quantitative estimate of drug-likeness (QED) is 0.567. The summed E-state index contributed by atoms with van der Waals surface area (Å²) in [5.41, 5.74) is -2.67. The van der Waals surface area contributed by atoms with Gasteiger partial charge in [-0.15, -0.1) is 0 Å². The molecular weight excluding hydrogens is 451 g/mol. The molecule has 10 heteroatoms. The minimum atomic E-state index is -4.77. The van der Waals surface area contributed by atoms with Crippen LogP contribution in [0.1, 0.15) is 62.9 Å². The van der Waals surface area contributed by atoms with Gasteiger partial charge in [-0.1, -0.05) is 0 Å². The van der Waals surface area contributed by atoms with Crippen molar-refractivity contribution >= 4 is 17.5 Å². The number of rotatable bonds is 8. The van der Waals surface area contributed by atoms with Crippen molar-refractivity contribution in [1.82, 2.24) is 10.2 Å². The zero-order chi connectivity index (χ0) is 25.3. The maximum atomic E-state index is 14.1. The third-order valence-electron chi connectivity index (χ3n) is 6.25. The summed E-state index contributed by atoms with van der Waals surface area (Å²) >= 11 is 0. The fourth-order valence-electron chi connectivity index (χ4n) is 4.60. The van der Waals surface area contributed by atoms with E-state index in [2.05, 4.69) is 5.32 Å². The molecule has 1 unspecified atom stereocenters. The summed E-state index contributed by atoms with van der Waals surface area (Å²) < 4.78 is 53.2. The molecule has 2 aliphatic heterocycles. The summed E-state index contributed by atoms with van der Waals surface area (Å²) in [5, 5.41) is 3.16. The average Bonchev–Trinajstić information content (AvgIpc) is 3.26. The van der Waals surface area contributed by atoms with Gasteiger partial charge in [0.2, 0.25) is 0 Å². The lowest BCUT2D eigenvalue weighted by molar-refractivity contribution is -0.138. The van der Waals surface area contributed by atoms with Crippen molar-refractivity contribution in [3.05, 3.63) is 23.3 Å². The van der Waals surface area contributed by atoms with E-state index in [-0.39, 0.29) is 36.0 Å². The van der Waals surface area contributed by atoms with Crippen LogP contribution in [0.5, 0.6) is 5.75 Å². The molecule has 2 heterocycles. The number of unbranched alkanes of at least 4 members (excludes halogenated alkanes) is 1. The molecule has 34 heavy (non-hydrogen) atoms. The molecule has 1 aromatic rings. The summed E-state index contributed by atoms with van der Waals surface area (Å²) in [4.78, 5) is 29.7. The van der Waals surface area contributed by atoms with Gasteiger partial charge in [-0.2, -0.15) is 13.2 Å². The van der Waals surface area contributed by atoms with Crippen molar-refractivity contribution < 1.29 is 32.2 Å². The number of amides is 2. The molecule has 190 valence electrons. The Hall–Kier alpha value is -2.33. The Balaban J connectivity index is 2.10. The minimum absolute atomic E-state index is 0.0566. The van der Waals surface area contributed by atoms with Crippen LogP contribution in [-0.2, 0) is 15.7 Å². The van der Waals surface area contributed by atoms with Crippen LogP contribution in [0.4, 0.5) is 18.9 Å². The molecule has 0 saturated carbocycles. The normalized spacial score (nSPS) is 19.9. The Bertz CT molecular complexity index is 911. The van der Waals surface area contributed by atoms with Crippen molar-refractivity contribution in [3.63, 3.8) is 0 Å². The largest absolute Gasteiger partial charge is 0.476 e. The smallest absolute Gasteiger partial charge is 0.417 e. The van der Waals surface area contributed by atoms with E-state index in [1.54, 1.807) is 21.0 Å². The van der Waals surface area contributed by atoms with Crippen LogP contribution >= 0.6 is 0 Å². The van der Waals surface area contributed by atoms with E-state index < -0.39 is 28.8 Å². The Morgan fingerprint density at radius 3 is 2.59 bits per heavy atom. The Kier molecular flexibility index (Phi) is 7.82. The van der Waals surface area contributed by atoms with Crippen LogP contribution in [0.15, 0.2) is 12.1 Å². The summed E-state index contributed by atoms with van der Waals surface area (Å²) in [5.74, 6) is -1.12. The second-order valence-corrected chi connectivity index (χ2v) is 9.59. The number of alkyl halides is 3. The van der Waals surface area contributed by atoms with Crippen LogP contribution in [-0.4, -0.2) is 67.7 Å². The topological polar surface area (TPSA) is 71.1 Å². The Morgan fingerprint density at radius 1 is 1.32 bits per heavy atom. The Morgan fingerprint density at radius 2 is 2.03 bits per heavy atom. The fourth-order valence-corrected chi connectivity index (χ4v) is 4.60. The first kappa shape index (κ1) is 26.3. The van der Waals surface area contributed by atoms with Gasteiger partial charge in [0.15, 0.2) is 5.60 Å². The highest BCUT2D eigenvalue weighted by molar-refractivity contribution is 6.05. The van der Waals surface area contributed by atoms with Crippen LogP contribution in [0.25, 0.3) is 0 Å². The van der Waals surface area contributed by atoms with Gasteiger partial charge < -0.3 is 24.6 Å². The maximum absolute atomic E-state index is 14.1. The first-order chi connectivity index (χ1) is 15.9. The van der Waals surface area contributed by atoms with Crippen LogP contribution < -0.4 is 15.0 Å².